The molecule has 0 aliphatic rings. The molecule has 4 nitrogen and oxygen atoms in total. The van der Waals surface area contributed by atoms with E-state index in [2.05, 4.69) is 6.58 Å². The van der Waals surface area contributed by atoms with Crippen molar-refractivity contribution < 1.29 is 18.3 Å². The highest BCUT2D eigenvalue weighted by Gasteiger charge is 2.15. The number of carbonyl (C=O) groups excluding carboxylic acids is 1. The van der Waals surface area contributed by atoms with Gasteiger partial charge in [0.25, 0.3) is 5.12 Å². The second-order valence-electron chi connectivity index (χ2n) is 1.24. The maximum absolute atomic E-state index is 10.3. The highest BCUT2D eigenvalue weighted by atomic mass is 32.2. The van der Waals surface area contributed by atoms with Crippen molar-refractivity contribution in [2.45, 2.75) is 0 Å². The molecule has 0 radical (unpaired) electrons. The zero-order valence-electron chi connectivity index (χ0n) is 4.57. The Hall–Kier alpha value is -0.680. The fraction of sp³-hybridized carbons (Fsp3) is 0.250. The first-order valence-corrected chi connectivity index (χ1v) is 3.60. The van der Waals surface area contributed by atoms with Crippen molar-refractivity contribution in [2.75, 3.05) is 6.61 Å². The maximum atomic E-state index is 10.3. The van der Waals surface area contributed by atoms with Gasteiger partial charge in [-0.05, 0) is 0 Å². The molecule has 0 atom stereocenters. The summed E-state index contributed by atoms with van der Waals surface area (Å²) in [5, 5.41) is 7.31. The Morgan fingerprint density at radius 2 is 2.11 bits per heavy atom. The lowest BCUT2D eigenvalue weighted by molar-refractivity contribution is -0.114. The summed E-state index contributed by atoms with van der Waals surface area (Å²) in [6, 6.07) is 0. The Morgan fingerprint density at radius 1 is 1.67 bits per heavy atom. The van der Waals surface area contributed by atoms with E-state index in [0.29, 0.717) is 5.41 Å². The van der Waals surface area contributed by atoms with Crippen LogP contribution in [-0.2, 0) is 14.6 Å². The van der Waals surface area contributed by atoms with Crippen LogP contribution in [-0.4, -0.2) is 25.2 Å². The number of sulfone groups is 1. The van der Waals surface area contributed by atoms with E-state index in [4.69, 9.17) is 5.11 Å². The summed E-state index contributed by atoms with van der Waals surface area (Å²) in [6.07, 6.45) is 0. The average molecular weight is 150 g/mol. The summed E-state index contributed by atoms with van der Waals surface area (Å²) in [6.45, 7) is 1.89. The van der Waals surface area contributed by atoms with Crippen LogP contribution in [0.5, 0.6) is 0 Å². The largest absolute Gasteiger partial charge is 0.387 e. The van der Waals surface area contributed by atoms with Gasteiger partial charge in [0.05, 0.1) is 0 Å². The summed E-state index contributed by atoms with van der Waals surface area (Å²) in [5.74, 6) is 0. The van der Waals surface area contributed by atoms with Gasteiger partial charge in [-0.1, -0.05) is 6.58 Å². The zero-order valence-corrected chi connectivity index (χ0v) is 5.39. The van der Waals surface area contributed by atoms with Crippen molar-refractivity contribution in [3.8, 4) is 0 Å². The molecule has 0 spiro atoms. The zero-order chi connectivity index (χ0) is 7.49. The predicted molar refractivity (Wildman–Crippen MR) is 31.2 cm³/mol. The Kier molecular flexibility index (Phi) is 2.54. The van der Waals surface area contributed by atoms with Crippen LogP contribution >= 0.6 is 0 Å². The van der Waals surface area contributed by atoms with Crippen LogP contribution in [0.15, 0.2) is 12.0 Å². The second-order valence-corrected chi connectivity index (χ2v) is 3.12. The molecule has 9 heavy (non-hydrogen) atoms. The molecular formula is C4H6O4S. The first kappa shape index (κ1) is 8.32. The summed E-state index contributed by atoms with van der Waals surface area (Å²) in [5.41, 5.74) is 0. The molecule has 0 aliphatic heterocycles. The molecule has 5 heteroatoms. The van der Waals surface area contributed by atoms with Crippen molar-refractivity contribution in [2.24, 2.45) is 0 Å². The molecule has 0 aromatic rings. The fourth-order valence-electron chi connectivity index (χ4n) is 0.183. The van der Waals surface area contributed by atoms with Crippen molar-refractivity contribution in [3.63, 3.8) is 0 Å². The third kappa shape index (κ3) is 1.95. The van der Waals surface area contributed by atoms with Crippen LogP contribution in [0.1, 0.15) is 0 Å². The van der Waals surface area contributed by atoms with Gasteiger partial charge in [-0.3, -0.25) is 4.79 Å². The van der Waals surface area contributed by atoms with Crippen LogP contribution in [0, 0.1) is 0 Å². The van der Waals surface area contributed by atoms with Crippen LogP contribution in [0.4, 0.5) is 0 Å². The number of aliphatic hydroxyl groups is 1. The lowest BCUT2D eigenvalue weighted by Crippen LogP contribution is -2.14. The molecule has 0 aromatic carbocycles. The molecule has 0 amide bonds. The highest BCUT2D eigenvalue weighted by molar-refractivity contribution is 8.08. The van der Waals surface area contributed by atoms with Gasteiger partial charge < -0.3 is 5.11 Å². The molecule has 0 fully saturated rings. The van der Waals surface area contributed by atoms with E-state index in [9.17, 15) is 13.2 Å². The SMILES string of the molecule is C=CS(=O)(=O)C(=O)CO. The Morgan fingerprint density at radius 3 is 2.22 bits per heavy atom. The van der Waals surface area contributed by atoms with E-state index in [1.807, 2.05) is 0 Å². The molecular weight excluding hydrogens is 144 g/mol. The van der Waals surface area contributed by atoms with Crippen molar-refractivity contribution in [1.29, 1.82) is 0 Å². The number of hydrogen-bond acceptors (Lipinski definition) is 4. The third-order valence-corrected chi connectivity index (χ3v) is 1.87. The van der Waals surface area contributed by atoms with Crippen LogP contribution in [0.2, 0.25) is 0 Å². The van der Waals surface area contributed by atoms with Crippen LogP contribution in [0.25, 0.3) is 0 Å². The number of hydrogen-bond donors (Lipinski definition) is 1. The lowest BCUT2D eigenvalue weighted by atomic mass is 10.8. The lowest BCUT2D eigenvalue weighted by Gasteiger charge is -1.88. The molecule has 0 heterocycles. The van der Waals surface area contributed by atoms with Gasteiger partial charge in [-0.2, -0.15) is 0 Å². The third-order valence-electron chi connectivity index (χ3n) is 0.666. The first-order chi connectivity index (χ1) is 4.04. The molecule has 52 valence electrons. The maximum Gasteiger partial charge on any atom is 0.275 e. The molecule has 0 aliphatic carbocycles. The summed E-state index contributed by atoms with van der Waals surface area (Å²) >= 11 is 0. The molecule has 0 saturated carbocycles. The minimum Gasteiger partial charge on any atom is -0.387 e. The second kappa shape index (κ2) is 2.75. The monoisotopic (exact) mass is 150 g/mol. The van der Waals surface area contributed by atoms with Crippen molar-refractivity contribution >= 4 is 15.0 Å². The molecule has 0 unspecified atom stereocenters. The fourth-order valence-corrected chi connectivity index (χ4v) is 0.549. The van der Waals surface area contributed by atoms with E-state index < -0.39 is 21.6 Å². The van der Waals surface area contributed by atoms with Gasteiger partial charge in [-0.25, -0.2) is 8.42 Å². The van der Waals surface area contributed by atoms with E-state index in [-0.39, 0.29) is 0 Å². The molecule has 0 aromatic heterocycles. The average Bonchev–Trinajstić information content (AvgIpc) is 1.86. The van der Waals surface area contributed by atoms with Gasteiger partial charge in [0.15, 0.2) is 0 Å². The minimum absolute atomic E-state index is 0.506. The van der Waals surface area contributed by atoms with Gasteiger partial charge >= 0.3 is 0 Å². The van der Waals surface area contributed by atoms with Crippen molar-refractivity contribution in [1.82, 2.24) is 0 Å². The van der Waals surface area contributed by atoms with Gasteiger partial charge in [-0.15, -0.1) is 0 Å². The number of carbonyl (C=O) groups is 1. The van der Waals surface area contributed by atoms with Crippen molar-refractivity contribution in [3.05, 3.63) is 12.0 Å². The standard InChI is InChI=1S/C4H6O4S/c1-2-9(7,8)4(6)3-5/h2,5H,1,3H2. The summed E-state index contributed by atoms with van der Waals surface area (Å²) < 4.78 is 20.6. The molecule has 0 bridgehead atoms. The summed E-state index contributed by atoms with van der Waals surface area (Å²) in [7, 11) is -3.87. The number of aliphatic hydroxyl groups excluding tert-OH is 1. The minimum atomic E-state index is -3.87. The topological polar surface area (TPSA) is 71.4 Å². The highest BCUT2D eigenvalue weighted by Crippen LogP contribution is 1.90. The predicted octanol–water partition coefficient (Wildman–Crippen LogP) is -0.936. The van der Waals surface area contributed by atoms with E-state index in [1.165, 1.54) is 0 Å². The number of rotatable bonds is 2. The molecule has 0 saturated heterocycles. The Balaban J connectivity index is 4.56. The summed E-state index contributed by atoms with van der Waals surface area (Å²) in [4.78, 5) is 10.2. The van der Waals surface area contributed by atoms with Crippen LogP contribution in [0.3, 0.4) is 0 Å². The van der Waals surface area contributed by atoms with Crippen LogP contribution < -0.4 is 0 Å². The van der Waals surface area contributed by atoms with E-state index >= 15 is 0 Å². The van der Waals surface area contributed by atoms with E-state index in [1.54, 1.807) is 0 Å². The van der Waals surface area contributed by atoms with Gasteiger partial charge in [0.2, 0.25) is 9.84 Å². The van der Waals surface area contributed by atoms with E-state index in [0.717, 1.165) is 0 Å². The Labute approximate surface area is 52.7 Å². The smallest absolute Gasteiger partial charge is 0.275 e. The first-order valence-electron chi connectivity index (χ1n) is 2.06. The molecule has 0 rings (SSSR count). The quantitative estimate of drug-likeness (QED) is 0.551. The van der Waals surface area contributed by atoms with Gasteiger partial charge in [0.1, 0.15) is 6.61 Å². The van der Waals surface area contributed by atoms with Gasteiger partial charge in [0, 0.05) is 5.41 Å². The molecule has 1 N–H and O–H groups in total. The Bertz CT molecular complexity index is 213. The normalized spacial score (nSPS) is 10.8.